The number of hydrogen-bond acceptors (Lipinski definition) is 5. The van der Waals surface area contributed by atoms with Crippen molar-refractivity contribution in [1.82, 2.24) is 15.5 Å². The Labute approximate surface area is 145 Å². The van der Waals surface area contributed by atoms with Crippen molar-refractivity contribution in [2.75, 3.05) is 13.6 Å². The van der Waals surface area contributed by atoms with Crippen LogP contribution in [-0.4, -0.2) is 47.7 Å². The van der Waals surface area contributed by atoms with Gasteiger partial charge in [0.15, 0.2) is 0 Å². The maximum Gasteiger partial charge on any atom is 0.246 e. The van der Waals surface area contributed by atoms with Crippen LogP contribution in [-0.2, 0) is 16.1 Å². The van der Waals surface area contributed by atoms with E-state index in [0.29, 0.717) is 12.1 Å². The highest BCUT2D eigenvalue weighted by molar-refractivity contribution is 7.10. The summed E-state index contributed by atoms with van der Waals surface area (Å²) < 4.78 is 0. The van der Waals surface area contributed by atoms with Gasteiger partial charge in [0.1, 0.15) is 11.4 Å². The molecule has 2 aliphatic rings. The van der Waals surface area contributed by atoms with Gasteiger partial charge in [0.2, 0.25) is 11.8 Å². The zero-order valence-electron chi connectivity index (χ0n) is 13.7. The van der Waals surface area contributed by atoms with Crippen LogP contribution in [0.3, 0.4) is 0 Å². The van der Waals surface area contributed by atoms with Crippen molar-refractivity contribution in [1.29, 1.82) is 5.41 Å². The lowest BCUT2D eigenvalue weighted by atomic mass is 9.87. The quantitative estimate of drug-likeness (QED) is 0.440. The number of carbonyl (C=O) groups is 2. The van der Waals surface area contributed by atoms with Gasteiger partial charge < -0.3 is 21.3 Å². The molecule has 24 heavy (non-hydrogen) atoms. The minimum atomic E-state index is -0.681. The Balaban J connectivity index is 1.68. The predicted octanol–water partition coefficient (Wildman–Crippen LogP) is 0.391. The van der Waals surface area contributed by atoms with Gasteiger partial charge in [-0.15, -0.1) is 11.3 Å². The van der Waals surface area contributed by atoms with E-state index in [1.165, 1.54) is 11.3 Å². The lowest BCUT2D eigenvalue weighted by Crippen LogP contribution is -2.56. The summed E-state index contributed by atoms with van der Waals surface area (Å²) in [6.45, 7) is 0.662. The van der Waals surface area contributed by atoms with Crippen molar-refractivity contribution in [3.63, 3.8) is 0 Å². The van der Waals surface area contributed by atoms with Crippen LogP contribution < -0.4 is 16.4 Å². The fourth-order valence-corrected chi connectivity index (χ4v) is 4.71. The number of nitrogens with zero attached hydrogens (tertiary/aromatic N) is 1. The third-order valence-electron chi connectivity index (χ3n) is 5.02. The van der Waals surface area contributed by atoms with Crippen LogP contribution in [0.4, 0.5) is 0 Å². The number of fused-ring (bicyclic) bond motifs is 2. The number of thiophene rings is 1. The maximum absolute atomic E-state index is 12.9. The molecule has 7 nitrogen and oxygen atoms in total. The molecular weight excluding hydrogens is 326 g/mol. The zero-order chi connectivity index (χ0) is 17.3. The van der Waals surface area contributed by atoms with E-state index in [2.05, 4.69) is 10.6 Å². The Morgan fingerprint density at radius 3 is 2.75 bits per heavy atom. The van der Waals surface area contributed by atoms with Crippen LogP contribution in [0.15, 0.2) is 11.4 Å². The van der Waals surface area contributed by atoms with E-state index in [4.69, 9.17) is 11.1 Å². The van der Waals surface area contributed by atoms with Crippen molar-refractivity contribution < 1.29 is 9.59 Å². The number of rotatable bonds is 6. The van der Waals surface area contributed by atoms with E-state index >= 15 is 0 Å². The number of carbonyl (C=O) groups excluding carboxylic acids is 2. The van der Waals surface area contributed by atoms with Gasteiger partial charge in [-0.1, -0.05) is 0 Å². The first kappa shape index (κ1) is 16.9. The Kier molecular flexibility index (Phi) is 4.60. The van der Waals surface area contributed by atoms with E-state index in [1.54, 1.807) is 7.05 Å². The molecule has 5 N–H and O–H groups in total. The fraction of sp³-hybridized carbons (Fsp3) is 0.562. The summed E-state index contributed by atoms with van der Waals surface area (Å²) in [7, 11) is 1.74. The molecule has 0 unspecified atom stereocenters. The monoisotopic (exact) mass is 349 g/mol. The van der Waals surface area contributed by atoms with Gasteiger partial charge in [-0.3, -0.25) is 15.0 Å². The van der Waals surface area contributed by atoms with Gasteiger partial charge in [0.25, 0.3) is 0 Å². The van der Waals surface area contributed by atoms with Crippen LogP contribution in [0.25, 0.3) is 0 Å². The highest BCUT2D eigenvalue weighted by Gasteiger charge is 2.57. The molecule has 3 rings (SSSR count). The number of hydrogen-bond donors (Lipinski definition) is 4. The minimum Gasteiger partial charge on any atom is -0.384 e. The van der Waals surface area contributed by atoms with E-state index in [0.717, 1.165) is 30.6 Å². The van der Waals surface area contributed by atoms with Gasteiger partial charge >= 0.3 is 0 Å². The molecule has 130 valence electrons. The first-order valence-electron chi connectivity index (χ1n) is 8.15. The summed E-state index contributed by atoms with van der Waals surface area (Å²) in [6.07, 6.45) is 3.27. The summed E-state index contributed by atoms with van der Waals surface area (Å²) in [5, 5.41) is 15.1. The normalized spacial score (nSPS) is 25.0. The summed E-state index contributed by atoms with van der Waals surface area (Å²) in [6, 6.07) is 2.02. The molecule has 1 aromatic rings. The molecule has 0 radical (unpaired) electrons. The van der Waals surface area contributed by atoms with E-state index in [9.17, 15) is 9.59 Å². The molecule has 0 spiro atoms. The highest BCUT2D eigenvalue weighted by Crippen LogP contribution is 2.46. The average Bonchev–Trinajstić information content (AvgIpc) is 3.26. The SMILES string of the molecule is CNCC(=O)N1C2CCC1(C(=O)NCc1cc(C(=N)N)cs1)CC2. The number of nitrogens with one attached hydrogen (secondary N) is 3. The summed E-state index contributed by atoms with van der Waals surface area (Å²) >= 11 is 1.47. The van der Waals surface area contributed by atoms with E-state index < -0.39 is 5.54 Å². The maximum atomic E-state index is 12.9. The van der Waals surface area contributed by atoms with Crippen molar-refractivity contribution in [2.24, 2.45) is 5.73 Å². The largest absolute Gasteiger partial charge is 0.384 e. The molecule has 1 aromatic heterocycles. The smallest absolute Gasteiger partial charge is 0.246 e. The molecule has 0 aromatic carbocycles. The second-order valence-electron chi connectivity index (χ2n) is 6.45. The van der Waals surface area contributed by atoms with Crippen molar-refractivity contribution in [2.45, 2.75) is 43.8 Å². The van der Waals surface area contributed by atoms with Gasteiger partial charge in [-0.25, -0.2) is 0 Å². The Hall–Kier alpha value is -1.93. The summed E-state index contributed by atoms with van der Waals surface area (Å²) in [5.74, 6) is -0.0342. The van der Waals surface area contributed by atoms with Gasteiger partial charge in [-0.05, 0) is 38.8 Å². The minimum absolute atomic E-state index is 0.00244. The first-order chi connectivity index (χ1) is 11.5. The molecule has 2 aliphatic heterocycles. The predicted molar refractivity (Wildman–Crippen MR) is 92.9 cm³/mol. The van der Waals surface area contributed by atoms with Crippen LogP contribution in [0.2, 0.25) is 0 Å². The number of amides is 2. The molecule has 0 saturated carbocycles. The first-order valence-corrected chi connectivity index (χ1v) is 9.03. The topological polar surface area (TPSA) is 111 Å². The van der Waals surface area contributed by atoms with Gasteiger partial charge in [0.05, 0.1) is 13.1 Å². The van der Waals surface area contributed by atoms with Crippen LogP contribution in [0.1, 0.15) is 36.1 Å². The van der Waals surface area contributed by atoms with Gasteiger partial charge in [-0.2, -0.15) is 0 Å². The van der Waals surface area contributed by atoms with E-state index in [-0.39, 0.29) is 30.2 Å². The van der Waals surface area contributed by atoms with Crippen molar-refractivity contribution >= 4 is 29.0 Å². The molecule has 2 amide bonds. The molecular formula is C16H23N5O2S. The second kappa shape index (κ2) is 6.52. The third-order valence-corrected chi connectivity index (χ3v) is 5.95. The van der Waals surface area contributed by atoms with Crippen LogP contribution in [0.5, 0.6) is 0 Å². The average molecular weight is 349 g/mol. The third kappa shape index (κ3) is 2.80. The zero-order valence-corrected chi connectivity index (χ0v) is 14.5. The summed E-state index contributed by atoms with van der Waals surface area (Å²) in [5.41, 5.74) is 5.46. The fourth-order valence-electron chi connectivity index (χ4n) is 3.89. The number of nitrogen functional groups attached to an aromatic ring is 1. The number of nitrogens with two attached hydrogens (primary N) is 1. The van der Waals surface area contributed by atoms with Crippen molar-refractivity contribution in [3.8, 4) is 0 Å². The molecule has 2 fully saturated rings. The number of likely N-dealkylation sites (N-methyl/N-ethyl adjacent to an activating group) is 1. The molecule has 0 aliphatic carbocycles. The molecule has 2 bridgehead atoms. The Morgan fingerprint density at radius 1 is 1.46 bits per heavy atom. The Morgan fingerprint density at radius 2 is 2.17 bits per heavy atom. The number of amidine groups is 1. The lowest BCUT2D eigenvalue weighted by Gasteiger charge is -2.33. The highest BCUT2D eigenvalue weighted by atomic mass is 32.1. The Bertz CT molecular complexity index is 663. The summed E-state index contributed by atoms with van der Waals surface area (Å²) in [4.78, 5) is 28.1. The molecule has 0 atom stereocenters. The second-order valence-corrected chi connectivity index (χ2v) is 7.45. The van der Waals surface area contributed by atoms with E-state index in [1.807, 2.05) is 16.3 Å². The molecule has 2 saturated heterocycles. The van der Waals surface area contributed by atoms with Crippen LogP contribution >= 0.6 is 11.3 Å². The van der Waals surface area contributed by atoms with Crippen molar-refractivity contribution in [3.05, 3.63) is 21.9 Å². The lowest BCUT2D eigenvalue weighted by molar-refractivity contribution is -0.143. The van der Waals surface area contributed by atoms with Crippen LogP contribution in [0, 0.1) is 5.41 Å². The van der Waals surface area contributed by atoms with Gasteiger partial charge in [0, 0.05) is 21.9 Å². The standard InChI is InChI=1S/C16H23N5O2S/c1-19-8-13(22)21-11-2-4-16(21,5-3-11)15(23)20-7-12-6-10(9-24-12)14(17)18/h6,9,11,19H,2-5,7-8H2,1H3,(H3,17,18)(H,20,23). The molecule has 8 heteroatoms. The molecule has 3 heterocycles.